The minimum atomic E-state index is -0.354. The second-order valence-electron chi connectivity index (χ2n) is 9.03. The second-order valence-corrected chi connectivity index (χ2v) is 9.03. The summed E-state index contributed by atoms with van der Waals surface area (Å²) in [6.45, 7) is 2.01. The molecule has 0 saturated heterocycles. The maximum atomic E-state index is 12.4. The van der Waals surface area contributed by atoms with Gasteiger partial charge in [0.2, 0.25) is 5.95 Å². The lowest BCUT2D eigenvalue weighted by atomic mass is 9.96. The fraction of sp³-hybridized carbons (Fsp3) is 0.385. The zero-order valence-corrected chi connectivity index (χ0v) is 20.6. The van der Waals surface area contributed by atoms with Crippen LogP contribution in [0.2, 0.25) is 0 Å². The first kappa shape index (κ1) is 24.3. The number of carbonyl (C=O) groups excluding carboxylic acids is 1. The van der Waals surface area contributed by atoms with Crippen LogP contribution in [0, 0.1) is 12.8 Å². The van der Waals surface area contributed by atoms with E-state index < -0.39 is 0 Å². The summed E-state index contributed by atoms with van der Waals surface area (Å²) in [5, 5.41) is 3.51. The van der Waals surface area contributed by atoms with E-state index in [1.807, 2.05) is 50.3 Å². The molecule has 9 nitrogen and oxygen atoms in total. The number of methoxy groups -OCH3 is 1. The van der Waals surface area contributed by atoms with Crippen molar-refractivity contribution >= 4 is 17.7 Å². The molecular weight excluding hydrogens is 444 g/mol. The predicted molar refractivity (Wildman–Crippen MR) is 135 cm³/mol. The molecule has 1 saturated carbocycles. The standard InChI is InChI=1S/C26H32N6O3/c1-17-15-28-26(30-24(17)32(2)3)29-20-11-10-18(13-20)14-21-22(34-4)8-5-9-23(21)35-31-25(33)19-7-6-12-27-16-19/h5-9,12,15-16,18,20H,10-11,13-14H2,1-4H3,(H,31,33)(H,28,29,30)/t18-,20-/m0/s1. The van der Waals surface area contributed by atoms with Crippen molar-refractivity contribution in [3.63, 3.8) is 0 Å². The number of aryl methyl sites for hydroxylation is 1. The Balaban J connectivity index is 1.41. The Hall–Kier alpha value is -3.88. The molecule has 9 heteroatoms. The van der Waals surface area contributed by atoms with Gasteiger partial charge in [0.05, 0.1) is 12.7 Å². The zero-order valence-electron chi connectivity index (χ0n) is 20.6. The summed E-state index contributed by atoms with van der Waals surface area (Å²) in [5.74, 6) is 2.97. The molecule has 35 heavy (non-hydrogen) atoms. The number of benzene rings is 1. The molecule has 1 amide bonds. The van der Waals surface area contributed by atoms with Crippen molar-refractivity contribution in [1.82, 2.24) is 20.4 Å². The Morgan fingerprint density at radius 3 is 2.71 bits per heavy atom. The van der Waals surface area contributed by atoms with Gasteiger partial charge in [-0.05, 0) is 62.8 Å². The van der Waals surface area contributed by atoms with Gasteiger partial charge in [-0.2, -0.15) is 10.5 Å². The van der Waals surface area contributed by atoms with Crippen molar-refractivity contribution in [1.29, 1.82) is 0 Å². The SMILES string of the molecule is COc1cccc(ONC(=O)c2cccnc2)c1C[C@H]1CC[C@H](Nc2ncc(C)c(N(C)C)n2)C1. The van der Waals surface area contributed by atoms with Crippen LogP contribution < -0.4 is 25.3 Å². The molecule has 1 aliphatic carbocycles. The molecule has 2 heterocycles. The first-order chi connectivity index (χ1) is 16.9. The normalized spacial score (nSPS) is 17.0. The minimum absolute atomic E-state index is 0.294. The molecular formula is C26H32N6O3. The van der Waals surface area contributed by atoms with Gasteiger partial charge in [-0.15, -0.1) is 0 Å². The van der Waals surface area contributed by atoms with E-state index in [1.165, 1.54) is 6.20 Å². The fourth-order valence-corrected chi connectivity index (χ4v) is 4.51. The van der Waals surface area contributed by atoms with Gasteiger partial charge in [-0.3, -0.25) is 9.78 Å². The number of pyridine rings is 1. The molecule has 0 radical (unpaired) electrons. The number of ether oxygens (including phenoxy) is 1. The molecule has 4 rings (SSSR count). The summed E-state index contributed by atoms with van der Waals surface area (Å²) < 4.78 is 5.61. The summed E-state index contributed by atoms with van der Waals surface area (Å²) in [6, 6.07) is 9.29. The molecule has 1 aliphatic rings. The van der Waals surface area contributed by atoms with E-state index in [4.69, 9.17) is 9.57 Å². The lowest BCUT2D eigenvalue weighted by Crippen LogP contribution is -2.27. The van der Waals surface area contributed by atoms with E-state index in [-0.39, 0.29) is 5.91 Å². The maximum absolute atomic E-state index is 12.4. The van der Waals surface area contributed by atoms with Gasteiger partial charge in [0, 0.05) is 49.9 Å². The van der Waals surface area contributed by atoms with Crippen LogP contribution in [-0.2, 0) is 6.42 Å². The van der Waals surface area contributed by atoms with Crippen LogP contribution >= 0.6 is 0 Å². The van der Waals surface area contributed by atoms with E-state index >= 15 is 0 Å². The fourth-order valence-electron chi connectivity index (χ4n) is 4.51. The number of carbonyl (C=O) groups is 1. The average molecular weight is 477 g/mol. The highest BCUT2D eigenvalue weighted by Crippen LogP contribution is 2.36. The number of anilines is 2. The van der Waals surface area contributed by atoms with Crippen LogP contribution in [0.25, 0.3) is 0 Å². The molecule has 0 aliphatic heterocycles. The molecule has 0 unspecified atom stereocenters. The van der Waals surface area contributed by atoms with Crippen LogP contribution in [0.1, 0.15) is 40.7 Å². The smallest absolute Gasteiger partial charge is 0.285 e. The maximum Gasteiger partial charge on any atom is 0.285 e. The van der Waals surface area contributed by atoms with Gasteiger partial charge in [0.15, 0.2) is 5.75 Å². The third kappa shape index (κ3) is 5.98. The molecule has 1 aromatic carbocycles. The molecule has 1 fully saturated rings. The van der Waals surface area contributed by atoms with Crippen LogP contribution in [0.15, 0.2) is 48.9 Å². The molecule has 0 spiro atoms. The average Bonchev–Trinajstić information content (AvgIpc) is 3.31. The Morgan fingerprint density at radius 2 is 1.97 bits per heavy atom. The topological polar surface area (TPSA) is 102 Å². The lowest BCUT2D eigenvalue weighted by molar-refractivity contribution is 0.0756. The number of rotatable bonds is 9. The molecule has 2 N–H and O–H groups in total. The first-order valence-corrected chi connectivity index (χ1v) is 11.7. The van der Waals surface area contributed by atoms with E-state index in [0.717, 1.165) is 48.4 Å². The van der Waals surface area contributed by atoms with E-state index in [0.29, 0.717) is 29.2 Å². The number of hydroxylamine groups is 1. The van der Waals surface area contributed by atoms with Gasteiger partial charge in [0.25, 0.3) is 5.91 Å². The summed E-state index contributed by atoms with van der Waals surface area (Å²) in [6.07, 6.45) is 8.82. The number of amides is 1. The Labute approximate surface area is 205 Å². The van der Waals surface area contributed by atoms with Crippen molar-refractivity contribution in [2.45, 2.75) is 38.6 Å². The van der Waals surface area contributed by atoms with Crippen LogP contribution in [0.3, 0.4) is 0 Å². The summed E-state index contributed by atoms with van der Waals surface area (Å²) in [5.41, 5.74) is 4.94. The Kier molecular flexibility index (Phi) is 7.64. The number of aromatic nitrogens is 3. The quantitative estimate of drug-likeness (QED) is 0.450. The highest BCUT2D eigenvalue weighted by atomic mass is 16.7. The summed E-state index contributed by atoms with van der Waals surface area (Å²) >= 11 is 0. The zero-order chi connectivity index (χ0) is 24.8. The van der Waals surface area contributed by atoms with Gasteiger partial charge in [-0.1, -0.05) is 6.07 Å². The van der Waals surface area contributed by atoms with E-state index in [9.17, 15) is 4.79 Å². The van der Waals surface area contributed by atoms with Crippen molar-refractivity contribution in [2.75, 3.05) is 31.4 Å². The minimum Gasteiger partial charge on any atom is -0.496 e. The highest BCUT2D eigenvalue weighted by Gasteiger charge is 2.28. The molecule has 184 valence electrons. The summed E-state index contributed by atoms with van der Waals surface area (Å²) in [7, 11) is 5.61. The lowest BCUT2D eigenvalue weighted by Gasteiger charge is -2.19. The van der Waals surface area contributed by atoms with Gasteiger partial charge < -0.3 is 19.8 Å². The molecule has 3 aromatic rings. The third-order valence-corrected chi connectivity index (χ3v) is 6.22. The van der Waals surface area contributed by atoms with Crippen LogP contribution in [0.4, 0.5) is 11.8 Å². The Bertz CT molecular complexity index is 1160. The molecule has 2 atom stereocenters. The number of hydrogen-bond acceptors (Lipinski definition) is 8. The van der Waals surface area contributed by atoms with Crippen molar-refractivity contribution in [2.24, 2.45) is 5.92 Å². The van der Waals surface area contributed by atoms with Crippen molar-refractivity contribution in [3.8, 4) is 11.5 Å². The van der Waals surface area contributed by atoms with Gasteiger partial charge in [0.1, 0.15) is 11.6 Å². The largest absolute Gasteiger partial charge is 0.496 e. The van der Waals surface area contributed by atoms with E-state index in [1.54, 1.807) is 25.4 Å². The van der Waals surface area contributed by atoms with E-state index in [2.05, 4.69) is 25.7 Å². The monoisotopic (exact) mass is 476 g/mol. The summed E-state index contributed by atoms with van der Waals surface area (Å²) in [4.78, 5) is 33.2. The molecule has 2 aromatic heterocycles. The van der Waals surface area contributed by atoms with Gasteiger partial charge >= 0.3 is 0 Å². The predicted octanol–water partition coefficient (Wildman–Crippen LogP) is 3.80. The van der Waals surface area contributed by atoms with Crippen molar-refractivity contribution in [3.05, 3.63) is 65.6 Å². The number of hydrogen-bond donors (Lipinski definition) is 2. The highest BCUT2D eigenvalue weighted by molar-refractivity contribution is 5.93. The third-order valence-electron chi connectivity index (χ3n) is 6.22. The first-order valence-electron chi connectivity index (χ1n) is 11.7. The number of nitrogens with one attached hydrogen (secondary N) is 2. The van der Waals surface area contributed by atoms with Crippen LogP contribution in [0.5, 0.6) is 11.5 Å². The van der Waals surface area contributed by atoms with Gasteiger partial charge in [-0.25, -0.2) is 4.98 Å². The molecule has 0 bridgehead atoms. The second kappa shape index (κ2) is 11.0. The Morgan fingerprint density at radius 1 is 1.14 bits per heavy atom. The number of nitrogens with zero attached hydrogens (tertiary/aromatic N) is 4. The van der Waals surface area contributed by atoms with Crippen molar-refractivity contribution < 1.29 is 14.4 Å². The van der Waals surface area contributed by atoms with Crippen LogP contribution in [-0.4, -0.2) is 48.1 Å².